The van der Waals surface area contributed by atoms with Crippen LogP contribution in [0.3, 0.4) is 0 Å². The molecule has 4 aromatic heterocycles. The molecule has 2 saturated carbocycles. The first-order valence-corrected chi connectivity index (χ1v) is 12.6. The Morgan fingerprint density at radius 1 is 1.00 bits per heavy atom. The smallest absolute Gasteiger partial charge is 0.158 e. The molecule has 2 N–H and O–H groups in total. The van der Waals surface area contributed by atoms with E-state index in [2.05, 4.69) is 66.4 Å². The van der Waals surface area contributed by atoms with Crippen LogP contribution >= 0.6 is 0 Å². The number of rotatable bonds is 5. The minimum absolute atomic E-state index is 0.362. The number of aryl methyl sites for hydroxylation is 1. The summed E-state index contributed by atoms with van der Waals surface area (Å²) in [6, 6.07) is 6.01. The maximum Gasteiger partial charge on any atom is 0.158 e. The van der Waals surface area contributed by atoms with E-state index in [-0.39, 0.29) is 0 Å². The summed E-state index contributed by atoms with van der Waals surface area (Å²) in [5, 5.41) is 8.23. The number of nitrogens with zero attached hydrogens (tertiary/aromatic N) is 4. The molecule has 2 aliphatic rings. The molecule has 6 nitrogen and oxygen atoms in total. The van der Waals surface area contributed by atoms with Crippen molar-refractivity contribution in [3.05, 3.63) is 47.0 Å². The molecule has 2 fully saturated rings. The van der Waals surface area contributed by atoms with E-state index in [1.54, 1.807) is 6.33 Å². The van der Waals surface area contributed by atoms with E-state index in [1.807, 2.05) is 4.52 Å². The molecule has 4 aromatic rings. The van der Waals surface area contributed by atoms with E-state index in [1.165, 1.54) is 72.2 Å². The van der Waals surface area contributed by atoms with Gasteiger partial charge in [0, 0.05) is 41.0 Å². The quantitative estimate of drug-likeness (QED) is 0.410. The second kappa shape index (κ2) is 7.94. The first-order valence-electron chi connectivity index (χ1n) is 12.6. The maximum absolute atomic E-state index is 5.28. The lowest BCUT2D eigenvalue weighted by Gasteiger charge is -2.29. The molecule has 4 heterocycles. The third kappa shape index (κ3) is 3.65. The zero-order chi connectivity index (χ0) is 22.7. The van der Waals surface area contributed by atoms with Crippen molar-refractivity contribution in [2.24, 2.45) is 0 Å². The molecule has 6 heteroatoms. The van der Waals surface area contributed by atoms with E-state index >= 15 is 0 Å². The van der Waals surface area contributed by atoms with Crippen molar-refractivity contribution in [1.82, 2.24) is 29.9 Å². The fourth-order valence-corrected chi connectivity index (χ4v) is 5.70. The lowest BCUT2D eigenvalue weighted by molar-refractivity contribution is 0.338. The molecule has 0 aromatic carbocycles. The third-order valence-corrected chi connectivity index (χ3v) is 7.87. The molecule has 0 saturated heterocycles. The average Bonchev–Trinajstić information content (AvgIpc) is 3.35. The molecule has 0 unspecified atom stereocenters. The Hall–Kier alpha value is -2.73. The van der Waals surface area contributed by atoms with Gasteiger partial charge in [0.25, 0.3) is 0 Å². The lowest BCUT2D eigenvalue weighted by atomic mass is 9.83. The minimum Gasteiger partial charge on any atom is -0.353 e. The third-order valence-electron chi connectivity index (χ3n) is 7.87. The SMILES string of the molecule is Cc1c(-c2[nH]c3ccc(C4CCC(NC5CC5)CC4)nc3c2C(C)C)cn2ncnc2c1C. The first kappa shape index (κ1) is 20.8. The van der Waals surface area contributed by atoms with Crippen molar-refractivity contribution in [2.45, 2.75) is 90.1 Å². The van der Waals surface area contributed by atoms with E-state index in [0.29, 0.717) is 17.9 Å². The zero-order valence-corrected chi connectivity index (χ0v) is 20.2. The topological polar surface area (TPSA) is 70.9 Å². The van der Waals surface area contributed by atoms with Crippen molar-refractivity contribution in [3.8, 4) is 11.3 Å². The Balaban J connectivity index is 1.38. The predicted octanol–water partition coefficient (Wildman–Crippen LogP) is 5.79. The number of aromatic nitrogens is 5. The Morgan fingerprint density at radius 2 is 1.73 bits per heavy atom. The summed E-state index contributed by atoms with van der Waals surface area (Å²) in [6.07, 6.45) is 11.5. The van der Waals surface area contributed by atoms with Crippen LogP contribution in [0.2, 0.25) is 0 Å². The van der Waals surface area contributed by atoms with E-state index in [9.17, 15) is 0 Å². The van der Waals surface area contributed by atoms with Gasteiger partial charge in [-0.1, -0.05) is 13.8 Å². The van der Waals surface area contributed by atoms with Gasteiger partial charge in [0.2, 0.25) is 0 Å². The highest BCUT2D eigenvalue weighted by molar-refractivity contribution is 5.89. The zero-order valence-electron chi connectivity index (χ0n) is 20.2. The lowest BCUT2D eigenvalue weighted by Crippen LogP contribution is -2.34. The van der Waals surface area contributed by atoms with Crippen molar-refractivity contribution >= 4 is 16.7 Å². The van der Waals surface area contributed by atoms with Crippen LogP contribution in [-0.4, -0.2) is 36.6 Å². The number of fused-ring (bicyclic) bond motifs is 2. The van der Waals surface area contributed by atoms with Crippen LogP contribution in [0.25, 0.3) is 27.9 Å². The van der Waals surface area contributed by atoms with E-state index < -0.39 is 0 Å². The van der Waals surface area contributed by atoms with Gasteiger partial charge in [-0.15, -0.1) is 0 Å². The van der Waals surface area contributed by atoms with Crippen molar-refractivity contribution in [3.63, 3.8) is 0 Å². The fourth-order valence-electron chi connectivity index (χ4n) is 5.70. The number of nitrogens with one attached hydrogen (secondary N) is 2. The second-order valence-corrected chi connectivity index (χ2v) is 10.5. The maximum atomic E-state index is 5.28. The van der Waals surface area contributed by atoms with Gasteiger partial charge in [-0.2, -0.15) is 5.10 Å². The van der Waals surface area contributed by atoms with Crippen molar-refractivity contribution < 1.29 is 0 Å². The van der Waals surface area contributed by atoms with Crippen LogP contribution in [0.4, 0.5) is 0 Å². The summed E-state index contributed by atoms with van der Waals surface area (Å²) >= 11 is 0. The highest BCUT2D eigenvalue weighted by atomic mass is 15.3. The van der Waals surface area contributed by atoms with Crippen LogP contribution in [0.5, 0.6) is 0 Å². The normalized spacial score (nSPS) is 21.5. The Bertz CT molecular complexity index is 1320. The number of H-pyrrole nitrogens is 1. The number of hydrogen-bond donors (Lipinski definition) is 2. The van der Waals surface area contributed by atoms with Crippen LogP contribution in [0, 0.1) is 13.8 Å². The highest BCUT2D eigenvalue weighted by Crippen LogP contribution is 2.39. The second-order valence-electron chi connectivity index (χ2n) is 10.5. The molecule has 0 amide bonds. The van der Waals surface area contributed by atoms with Crippen LogP contribution < -0.4 is 5.32 Å². The average molecular weight is 443 g/mol. The summed E-state index contributed by atoms with van der Waals surface area (Å²) < 4.78 is 1.89. The van der Waals surface area contributed by atoms with Gasteiger partial charge in [0.05, 0.1) is 16.7 Å². The molecular formula is C27H34N6. The molecule has 0 bridgehead atoms. The molecule has 33 heavy (non-hydrogen) atoms. The highest BCUT2D eigenvalue weighted by Gasteiger charge is 2.29. The van der Waals surface area contributed by atoms with Gasteiger partial charge >= 0.3 is 0 Å². The molecule has 6 rings (SSSR count). The number of hydrogen-bond acceptors (Lipinski definition) is 4. The van der Waals surface area contributed by atoms with E-state index in [4.69, 9.17) is 4.98 Å². The first-order chi connectivity index (χ1) is 16.0. The van der Waals surface area contributed by atoms with Crippen LogP contribution in [-0.2, 0) is 0 Å². The Morgan fingerprint density at radius 3 is 2.42 bits per heavy atom. The largest absolute Gasteiger partial charge is 0.353 e. The van der Waals surface area contributed by atoms with Gasteiger partial charge in [0.15, 0.2) is 5.65 Å². The summed E-state index contributed by atoms with van der Waals surface area (Å²) in [7, 11) is 0. The number of aromatic amines is 1. The molecule has 0 spiro atoms. The Labute approximate surface area is 195 Å². The minimum atomic E-state index is 0.362. The monoisotopic (exact) mass is 442 g/mol. The molecule has 0 radical (unpaired) electrons. The standard InChI is InChI=1S/C27H34N6/c1-15(2)24-25(21-13-33-27(28-14-29-33)17(4)16(21)3)32-23-12-11-22(31-26(23)24)18-5-7-19(8-6-18)30-20-9-10-20/h11-15,18-20,30,32H,5-10H2,1-4H3. The van der Waals surface area contributed by atoms with Crippen molar-refractivity contribution in [2.75, 3.05) is 0 Å². The molecule has 0 aliphatic heterocycles. The van der Waals surface area contributed by atoms with Gasteiger partial charge in [-0.3, -0.25) is 4.98 Å². The fraction of sp³-hybridized carbons (Fsp3) is 0.519. The summed E-state index contributed by atoms with van der Waals surface area (Å²) in [5.41, 5.74) is 10.5. The van der Waals surface area contributed by atoms with Gasteiger partial charge in [-0.05, 0) is 81.5 Å². The number of pyridine rings is 2. The van der Waals surface area contributed by atoms with Crippen LogP contribution in [0.1, 0.15) is 86.6 Å². The van der Waals surface area contributed by atoms with Crippen molar-refractivity contribution in [1.29, 1.82) is 0 Å². The van der Waals surface area contributed by atoms with Crippen LogP contribution in [0.15, 0.2) is 24.7 Å². The molecular weight excluding hydrogens is 408 g/mol. The van der Waals surface area contributed by atoms with Gasteiger partial charge in [-0.25, -0.2) is 9.50 Å². The molecule has 0 atom stereocenters. The van der Waals surface area contributed by atoms with E-state index in [0.717, 1.165) is 22.7 Å². The predicted molar refractivity (Wildman–Crippen MR) is 133 cm³/mol. The van der Waals surface area contributed by atoms with Gasteiger partial charge in [0.1, 0.15) is 6.33 Å². The molecule has 172 valence electrons. The Kier molecular flexibility index (Phi) is 5.02. The summed E-state index contributed by atoms with van der Waals surface area (Å²) in [6.45, 7) is 8.85. The summed E-state index contributed by atoms with van der Waals surface area (Å²) in [5.74, 6) is 0.932. The van der Waals surface area contributed by atoms with Gasteiger partial charge < -0.3 is 10.3 Å². The molecule has 2 aliphatic carbocycles. The summed E-state index contributed by atoms with van der Waals surface area (Å²) in [4.78, 5) is 13.4.